The fourth-order valence-electron chi connectivity index (χ4n) is 2.14. The van der Waals surface area contributed by atoms with E-state index >= 15 is 0 Å². The van der Waals surface area contributed by atoms with Crippen molar-refractivity contribution in [2.75, 3.05) is 0 Å². The molecule has 0 fully saturated rings. The maximum atomic E-state index is 10.0. The first-order valence-electron chi connectivity index (χ1n) is 9.98. The quantitative estimate of drug-likeness (QED) is 0.411. The Labute approximate surface area is 159 Å². The summed E-state index contributed by atoms with van der Waals surface area (Å²) in [5.74, 6) is -1.34. The second-order valence-corrected chi connectivity index (χ2v) is 6.27. The summed E-state index contributed by atoms with van der Waals surface area (Å²) >= 11 is 0. The van der Waals surface area contributed by atoms with Gasteiger partial charge >= 0.3 is 11.9 Å². The number of hydrogen-bond donors (Lipinski definition) is 2. The lowest BCUT2D eigenvalue weighted by molar-refractivity contribution is -0.138. The average molecular weight is 367 g/mol. The molecular formula is C22H38O4. The van der Waals surface area contributed by atoms with Gasteiger partial charge in [-0.3, -0.25) is 9.59 Å². The molecule has 2 N–H and O–H groups in total. The zero-order valence-electron chi connectivity index (χ0n) is 16.7. The van der Waals surface area contributed by atoms with Crippen LogP contribution in [0.2, 0.25) is 0 Å². The van der Waals surface area contributed by atoms with Crippen molar-refractivity contribution in [3.8, 4) is 0 Å². The maximum Gasteiger partial charge on any atom is 0.303 e. The highest BCUT2D eigenvalue weighted by atomic mass is 16.4. The fraction of sp³-hybridized carbons (Fsp3) is 0.636. The Kier molecular flexibility index (Phi) is 23.5. The van der Waals surface area contributed by atoms with Gasteiger partial charge < -0.3 is 10.2 Å². The van der Waals surface area contributed by atoms with Crippen molar-refractivity contribution >= 4 is 11.9 Å². The number of carboxylic acid groups (broad SMARTS) is 2. The van der Waals surface area contributed by atoms with Crippen molar-refractivity contribution < 1.29 is 19.8 Å². The molecule has 0 aliphatic carbocycles. The monoisotopic (exact) mass is 366 g/mol. The molecule has 1 rings (SSSR count). The summed E-state index contributed by atoms with van der Waals surface area (Å²) in [4.78, 5) is 20.1. The first kappa shape index (κ1) is 26.4. The number of carboxylic acids is 2. The van der Waals surface area contributed by atoms with E-state index in [2.05, 4.69) is 13.8 Å². The number of benzene rings is 1. The van der Waals surface area contributed by atoms with Crippen LogP contribution in [0.4, 0.5) is 0 Å². The zero-order valence-corrected chi connectivity index (χ0v) is 16.7. The molecule has 0 radical (unpaired) electrons. The molecule has 0 spiro atoms. The Balaban J connectivity index is 0. The van der Waals surface area contributed by atoms with E-state index in [1.165, 1.54) is 38.5 Å². The molecule has 0 saturated carbocycles. The lowest BCUT2D eigenvalue weighted by Crippen LogP contribution is -1.93. The van der Waals surface area contributed by atoms with E-state index in [4.69, 9.17) is 10.2 Å². The van der Waals surface area contributed by atoms with Gasteiger partial charge in [0.1, 0.15) is 0 Å². The van der Waals surface area contributed by atoms with Gasteiger partial charge in [-0.15, -0.1) is 0 Å². The third-order valence-electron chi connectivity index (χ3n) is 3.66. The van der Waals surface area contributed by atoms with Crippen LogP contribution in [0.1, 0.15) is 90.9 Å². The number of unbranched alkanes of at least 4 members (excludes halogenated alkanes) is 8. The van der Waals surface area contributed by atoms with Gasteiger partial charge in [-0.05, 0) is 12.8 Å². The fourth-order valence-corrected chi connectivity index (χ4v) is 2.14. The van der Waals surface area contributed by atoms with Crippen LogP contribution in [0.3, 0.4) is 0 Å². The van der Waals surface area contributed by atoms with Crippen LogP contribution in [0.15, 0.2) is 36.4 Å². The molecule has 0 unspecified atom stereocenters. The molecular weight excluding hydrogens is 328 g/mol. The summed E-state index contributed by atoms with van der Waals surface area (Å²) in [6, 6.07) is 12.0. The van der Waals surface area contributed by atoms with Crippen LogP contribution in [-0.4, -0.2) is 22.2 Å². The molecule has 0 amide bonds. The van der Waals surface area contributed by atoms with E-state index in [9.17, 15) is 9.59 Å². The SMILES string of the molecule is CCCCCCCC(=O)O.CCCCCCCC(=O)O.c1ccccc1. The van der Waals surface area contributed by atoms with E-state index in [1.54, 1.807) is 0 Å². The molecule has 0 aliphatic rings. The standard InChI is InChI=1S/2C8H16O2.C6H6/c2*1-2-3-4-5-6-7-8(9)10;1-2-4-6-5-3-1/h2*2-7H2,1H3,(H,9,10);1-6H. The Bertz CT molecular complexity index is 353. The minimum absolute atomic E-state index is 0.337. The predicted molar refractivity (Wildman–Crippen MR) is 108 cm³/mol. The third-order valence-corrected chi connectivity index (χ3v) is 3.66. The zero-order chi connectivity index (χ0) is 19.9. The van der Waals surface area contributed by atoms with Crippen LogP contribution >= 0.6 is 0 Å². The summed E-state index contributed by atoms with van der Waals surface area (Å²) in [7, 11) is 0. The Hall–Kier alpha value is -1.84. The highest BCUT2D eigenvalue weighted by Crippen LogP contribution is 2.04. The normalized spacial score (nSPS) is 9.31. The van der Waals surface area contributed by atoms with E-state index in [0.29, 0.717) is 12.8 Å². The first-order valence-corrected chi connectivity index (χ1v) is 9.98. The van der Waals surface area contributed by atoms with Crippen molar-refractivity contribution in [2.24, 2.45) is 0 Å². The van der Waals surface area contributed by atoms with Crippen molar-refractivity contribution in [1.29, 1.82) is 0 Å². The van der Waals surface area contributed by atoms with Crippen molar-refractivity contribution in [2.45, 2.75) is 90.9 Å². The van der Waals surface area contributed by atoms with Crippen molar-refractivity contribution in [3.05, 3.63) is 36.4 Å². The van der Waals surface area contributed by atoms with E-state index in [-0.39, 0.29) is 0 Å². The van der Waals surface area contributed by atoms with E-state index < -0.39 is 11.9 Å². The molecule has 1 aromatic carbocycles. The van der Waals surface area contributed by atoms with Crippen LogP contribution in [-0.2, 0) is 9.59 Å². The van der Waals surface area contributed by atoms with Gasteiger partial charge in [0.05, 0.1) is 0 Å². The molecule has 1 aromatic rings. The Morgan fingerprint density at radius 1 is 0.538 bits per heavy atom. The van der Waals surface area contributed by atoms with Gasteiger partial charge in [0, 0.05) is 12.8 Å². The highest BCUT2D eigenvalue weighted by molar-refractivity contribution is 5.66. The van der Waals surface area contributed by atoms with Gasteiger partial charge in [0.25, 0.3) is 0 Å². The molecule has 0 aromatic heterocycles. The topological polar surface area (TPSA) is 74.6 Å². The van der Waals surface area contributed by atoms with Gasteiger partial charge in [-0.25, -0.2) is 0 Å². The van der Waals surface area contributed by atoms with E-state index in [1.807, 2.05) is 36.4 Å². The summed E-state index contributed by atoms with van der Waals surface area (Å²) in [6.45, 7) is 4.30. The van der Waals surface area contributed by atoms with Crippen molar-refractivity contribution in [1.82, 2.24) is 0 Å². The molecule has 0 atom stereocenters. The molecule has 0 heterocycles. The van der Waals surface area contributed by atoms with Gasteiger partial charge in [-0.2, -0.15) is 0 Å². The van der Waals surface area contributed by atoms with E-state index in [0.717, 1.165) is 25.7 Å². The minimum atomic E-state index is -0.670. The number of carbonyl (C=O) groups is 2. The molecule has 0 saturated heterocycles. The summed E-state index contributed by atoms with van der Waals surface area (Å²) in [5, 5.41) is 16.5. The highest BCUT2D eigenvalue weighted by Gasteiger charge is 1.95. The molecule has 4 nitrogen and oxygen atoms in total. The third kappa shape index (κ3) is 30.1. The van der Waals surface area contributed by atoms with Crippen molar-refractivity contribution in [3.63, 3.8) is 0 Å². The number of aliphatic carboxylic acids is 2. The molecule has 0 bridgehead atoms. The van der Waals surface area contributed by atoms with Gasteiger partial charge in [-0.1, -0.05) is 102 Å². The van der Waals surface area contributed by atoms with Crippen LogP contribution in [0, 0.1) is 0 Å². The molecule has 26 heavy (non-hydrogen) atoms. The predicted octanol–water partition coefficient (Wildman–Crippen LogP) is 6.55. The summed E-state index contributed by atoms with van der Waals surface area (Å²) in [6.07, 6.45) is 11.8. The van der Waals surface area contributed by atoms with Crippen LogP contribution in [0.5, 0.6) is 0 Å². The van der Waals surface area contributed by atoms with Gasteiger partial charge in [0.15, 0.2) is 0 Å². The Morgan fingerprint density at radius 2 is 0.808 bits per heavy atom. The molecule has 0 aliphatic heterocycles. The van der Waals surface area contributed by atoms with Gasteiger partial charge in [0.2, 0.25) is 0 Å². The van der Waals surface area contributed by atoms with Crippen LogP contribution < -0.4 is 0 Å². The van der Waals surface area contributed by atoms with Crippen LogP contribution in [0.25, 0.3) is 0 Å². The summed E-state index contributed by atoms with van der Waals surface area (Å²) < 4.78 is 0. The Morgan fingerprint density at radius 3 is 1.04 bits per heavy atom. The first-order chi connectivity index (χ1) is 12.5. The smallest absolute Gasteiger partial charge is 0.303 e. The average Bonchev–Trinajstić information content (AvgIpc) is 2.63. The lowest BCUT2D eigenvalue weighted by Gasteiger charge is -1.95. The lowest BCUT2D eigenvalue weighted by atomic mass is 10.1. The molecule has 150 valence electrons. The summed E-state index contributed by atoms with van der Waals surface area (Å²) in [5.41, 5.74) is 0. The molecule has 4 heteroatoms. The second kappa shape index (κ2) is 23.2. The number of rotatable bonds is 12. The second-order valence-electron chi connectivity index (χ2n) is 6.27. The largest absolute Gasteiger partial charge is 0.481 e. The number of hydrogen-bond acceptors (Lipinski definition) is 2. The maximum absolute atomic E-state index is 10.0. The minimum Gasteiger partial charge on any atom is -0.481 e.